The highest BCUT2D eigenvalue weighted by molar-refractivity contribution is 6.27. The number of benzene rings is 7. The van der Waals surface area contributed by atoms with Crippen LogP contribution in [0, 0.1) is 0 Å². The van der Waals surface area contributed by atoms with Crippen molar-refractivity contribution in [2.24, 2.45) is 0 Å². The molecule has 0 N–H and O–H groups in total. The smallest absolute Gasteiger partial charge is 0.00199 e. The molecule has 0 radical (unpaired) electrons. The molecule has 0 atom stereocenters. The maximum Gasteiger partial charge on any atom is -0.00199 e. The topological polar surface area (TPSA) is 0 Å². The molecule has 0 aliphatic rings. The molecular formula is C38H32. The highest BCUT2D eigenvalue weighted by Crippen LogP contribution is 2.46. The van der Waals surface area contributed by atoms with E-state index in [1.54, 1.807) is 0 Å². The van der Waals surface area contributed by atoms with Gasteiger partial charge >= 0.3 is 0 Å². The van der Waals surface area contributed by atoms with E-state index < -0.39 is 0 Å². The molecule has 0 heterocycles. The molecule has 0 aromatic heterocycles. The molecule has 0 saturated carbocycles. The van der Waals surface area contributed by atoms with E-state index in [2.05, 4.69) is 137 Å². The van der Waals surface area contributed by atoms with Crippen LogP contribution in [0.5, 0.6) is 0 Å². The van der Waals surface area contributed by atoms with Crippen molar-refractivity contribution >= 4 is 53.9 Å². The van der Waals surface area contributed by atoms with E-state index in [9.17, 15) is 0 Å². The van der Waals surface area contributed by atoms with Crippen LogP contribution in [0.3, 0.4) is 0 Å². The Balaban J connectivity index is 1.81. The maximum absolute atomic E-state index is 2.49. The minimum atomic E-state index is 0.434. The first-order valence-corrected chi connectivity index (χ1v) is 13.8. The molecule has 7 aromatic rings. The highest BCUT2D eigenvalue weighted by Gasteiger charge is 2.20. The largest absolute Gasteiger partial charge is 0.0616 e. The van der Waals surface area contributed by atoms with E-state index >= 15 is 0 Å². The summed E-state index contributed by atoms with van der Waals surface area (Å²) in [6.07, 6.45) is 0. The van der Waals surface area contributed by atoms with Crippen molar-refractivity contribution in [3.05, 3.63) is 120 Å². The molecule has 7 rings (SSSR count). The van der Waals surface area contributed by atoms with Crippen molar-refractivity contribution in [3.63, 3.8) is 0 Å². The summed E-state index contributed by atoms with van der Waals surface area (Å²) in [4.78, 5) is 0. The number of fused-ring (bicyclic) bond motifs is 7. The highest BCUT2D eigenvalue weighted by atomic mass is 14.2. The van der Waals surface area contributed by atoms with Gasteiger partial charge in [-0.05, 0) is 106 Å². The van der Waals surface area contributed by atoms with Gasteiger partial charge in [0.1, 0.15) is 0 Å². The minimum absolute atomic E-state index is 0.434. The summed E-state index contributed by atoms with van der Waals surface area (Å²) in [5.41, 5.74) is 5.50. The Bertz CT molecular complexity index is 1910. The Labute approximate surface area is 224 Å². The van der Waals surface area contributed by atoms with Gasteiger partial charge in [0, 0.05) is 0 Å². The third-order valence-electron chi connectivity index (χ3n) is 8.37. The van der Waals surface area contributed by atoms with Gasteiger partial charge in [-0.15, -0.1) is 0 Å². The van der Waals surface area contributed by atoms with Crippen LogP contribution in [-0.4, -0.2) is 0 Å². The lowest BCUT2D eigenvalue weighted by molar-refractivity contribution is 0.878. The van der Waals surface area contributed by atoms with E-state index in [1.807, 2.05) is 0 Å². The van der Waals surface area contributed by atoms with Gasteiger partial charge in [0.2, 0.25) is 0 Å². The molecule has 0 spiro atoms. The van der Waals surface area contributed by atoms with Crippen LogP contribution >= 0.6 is 0 Å². The molecule has 0 nitrogen and oxygen atoms in total. The molecular weight excluding hydrogens is 456 g/mol. The summed E-state index contributed by atoms with van der Waals surface area (Å²) in [5.74, 6) is 0.867. The summed E-state index contributed by atoms with van der Waals surface area (Å²) >= 11 is 0. The minimum Gasteiger partial charge on any atom is -0.0616 e. The molecule has 7 aromatic carbocycles. The molecule has 0 heteroatoms. The maximum atomic E-state index is 2.49. The van der Waals surface area contributed by atoms with E-state index in [4.69, 9.17) is 0 Å². The van der Waals surface area contributed by atoms with Crippen LogP contribution in [0.4, 0.5) is 0 Å². The van der Waals surface area contributed by atoms with Gasteiger partial charge < -0.3 is 0 Å². The average Bonchev–Trinajstić information content (AvgIpc) is 2.94. The molecule has 38 heavy (non-hydrogen) atoms. The van der Waals surface area contributed by atoms with E-state index in [-0.39, 0.29) is 0 Å². The van der Waals surface area contributed by atoms with E-state index in [1.165, 1.54) is 76.1 Å². The molecule has 0 unspecified atom stereocenters. The first-order valence-electron chi connectivity index (χ1n) is 13.8. The zero-order valence-electron chi connectivity index (χ0n) is 22.5. The zero-order chi connectivity index (χ0) is 26.0. The van der Waals surface area contributed by atoms with Crippen LogP contribution in [-0.2, 0) is 0 Å². The van der Waals surface area contributed by atoms with E-state index in [0.29, 0.717) is 11.8 Å². The lowest BCUT2D eigenvalue weighted by atomic mass is 9.82. The second kappa shape index (κ2) is 8.71. The number of rotatable bonds is 3. The summed E-state index contributed by atoms with van der Waals surface area (Å²) in [6.45, 7) is 9.26. The molecule has 0 aliphatic heterocycles. The van der Waals surface area contributed by atoms with Crippen molar-refractivity contribution in [1.82, 2.24) is 0 Å². The average molecular weight is 489 g/mol. The summed E-state index contributed by atoms with van der Waals surface area (Å²) in [6, 6.07) is 41.0. The fraction of sp³-hybridized carbons (Fsp3) is 0.158. The van der Waals surface area contributed by atoms with Gasteiger partial charge in [-0.3, -0.25) is 0 Å². The Hall–Kier alpha value is -4.16. The summed E-state index contributed by atoms with van der Waals surface area (Å²) in [5, 5.41) is 13.4. The predicted molar refractivity (Wildman–Crippen MR) is 168 cm³/mol. The second-order valence-corrected chi connectivity index (χ2v) is 11.3. The molecule has 0 fully saturated rings. The molecule has 0 amide bonds. The number of hydrogen-bond donors (Lipinski definition) is 0. The van der Waals surface area contributed by atoms with E-state index in [0.717, 1.165) is 0 Å². The predicted octanol–water partition coefficient (Wildman–Crippen LogP) is 11.4. The van der Waals surface area contributed by atoms with Crippen molar-refractivity contribution in [2.45, 2.75) is 39.5 Å². The molecule has 0 saturated heterocycles. The van der Waals surface area contributed by atoms with Crippen LogP contribution in [0.25, 0.3) is 65.0 Å². The molecule has 184 valence electrons. The van der Waals surface area contributed by atoms with Gasteiger partial charge in [0.15, 0.2) is 0 Å². The Morgan fingerprint density at radius 2 is 0.816 bits per heavy atom. The van der Waals surface area contributed by atoms with Gasteiger partial charge in [0.05, 0.1) is 0 Å². The SMILES string of the molecule is CC(C)c1cc2c(-c3cccc4ccccc34)c3cc(C(C)C)c4ccccc4c3cc2c2ccccc12. The van der Waals surface area contributed by atoms with Crippen LogP contribution in [0.2, 0.25) is 0 Å². The first kappa shape index (κ1) is 23.0. The zero-order valence-corrected chi connectivity index (χ0v) is 22.5. The Morgan fingerprint density at radius 3 is 1.34 bits per heavy atom. The van der Waals surface area contributed by atoms with Crippen molar-refractivity contribution < 1.29 is 0 Å². The quantitative estimate of drug-likeness (QED) is 0.171. The van der Waals surface area contributed by atoms with Gasteiger partial charge in [0.25, 0.3) is 0 Å². The summed E-state index contributed by atoms with van der Waals surface area (Å²) < 4.78 is 0. The van der Waals surface area contributed by atoms with Gasteiger partial charge in [-0.2, -0.15) is 0 Å². The summed E-state index contributed by atoms with van der Waals surface area (Å²) in [7, 11) is 0. The lowest BCUT2D eigenvalue weighted by Gasteiger charge is -2.21. The Morgan fingerprint density at radius 1 is 0.368 bits per heavy atom. The monoisotopic (exact) mass is 488 g/mol. The Kier molecular flexibility index (Phi) is 5.27. The van der Waals surface area contributed by atoms with Gasteiger partial charge in [-0.1, -0.05) is 119 Å². The fourth-order valence-corrected chi connectivity index (χ4v) is 6.55. The molecule has 0 aliphatic carbocycles. The third-order valence-corrected chi connectivity index (χ3v) is 8.37. The van der Waals surface area contributed by atoms with Crippen LogP contribution < -0.4 is 0 Å². The fourth-order valence-electron chi connectivity index (χ4n) is 6.55. The number of hydrogen-bond acceptors (Lipinski definition) is 0. The van der Waals surface area contributed by atoms with Gasteiger partial charge in [-0.25, -0.2) is 0 Å². The van der Waals surface area contributed by atoms with Crippen LogP contribution in [0.15, 0.2) is 109 Å². The van der Waals surface area contributed by atoms with Crippen LogP contribution in [0.1, 0.15) is 50.7 Å². The normalized spacial score (nSPS) is 12.2. The standard InChI is InChI=1S/C38H32/c1-23(2)32-20-36-34(29-17-9-7-15-27(29)32)22-35-30-18-10-8-16-28(30)33(24(3)4)21-37(35)38(36)31-19-11-13-25-12-5-6-14-26(25)31/h5-24H,1-4H3. The lowest BCUT2D eigenvalue weighted by Crippen LogP contribution is -1.96. The van der Waals surface area contributed by atoms with Crippen molar-refractivity contribution in [3.8, 4) is 11.1 Å². The second-order valence-electron chi connectivity index (χ2n) is 11.3. The first-order chi connectivity index (χ1) is 18.5. The van der Waals surface area contributed by atoms with Crippen molar-refractivity contribution in [2.75, 3.05) is 0 Å². The van der Waals surface area contributed by atoms with Crippen molar-refractivity contribution in [1.29, 1.82) is 0 Å². The molecule has 0 bridgehead atoms. The third kappa shape index (κ3) is 3.37.